The molecule has 2 rings (SSSR count). The number of nitrogens with zero attached hydrogens (tertiary/aromatic N) is 2. The molecule has 168 valence electrons. The lowest BCUT2D eigenvalue weighted by atomic mass is 10.1. The zero-order valence-electron chi connectivity index (χ0n) is 17.9. The summed E-state index contributed by atoms with van der Waals surface area (Å²) in [5.41, 5.74) is 0.210. The number of halogens is 1. The predicted molar refractivity (Wildman–Crippen MR) is 119 cm³/mol. The smallest absolute Gasteiger partial charge is 0.304 e. The number of amides is 2. The lowest BCUT2D eigenvalue weighted by Gasteiger charge is -2.27. The first-order valence-corrected chi connectivity index (χ1v) is 11.1. The van der Waals surface area contributed by atoms with Crippen molar-refractivity contribution in [3.63, 3.8) is 0 Å². The van der Waals surface area contributed by atoms with Crippen LogP contribution in [0.5, 0.6) is 0 Å². The Morgan fingerprint density at radius 1 is 1.06 bits per heavy atom. The van der Waals surface area contributed by atoms with E-state index in [2.05, 4.69) is 10.6 Å². The van der Waals surface area contributed by atoms with E-state index in [-0.39, 0.29) is 28.9 Å². The molecule has 0 radical (unpaired) electrons. The number of rotatable bonds is 9. The Bertz CT molecular complexity index is 1040. The second-order valence-electron chi connectivity index (χ2n) is 7.12. The maximum Gasteiger partial charge on any atom is 0.304 e. The molecule has 0 heterocycles. The molecule has 10 heteroatoms. The van der Waals surface area contributed by atoms with E-state index < -0.39 is 28.5 Å². The highest BCUT2D eigenvalue weighted by Gasteiger charge is 2.29. The fourth-order valence-corrected chi connectivity index (χ4v) is 3.73. The zero-order valence-corrected chi connectivity index (χ0v) is 18.7. The Morgan fingerprint density at radius 2 is 1.68 bits per heavy atom. The van der Waals surface area contributed by atoms with Crippen LogP contribution in [0, 0.1) is 5.82 Å². The molecule has 0 aliphatic heterocycles. The molecule has 1 atom stereocenters. The van der Waals surface area contributed by atoms with Gasteiger partial charge in [0.2, 0.25) is 5.91 Å². The highest BCUT2D eigenvalue weighted by molar-refractivity contribution is 7.90. The van der Waals surface area contributed by atoms with Gasteiger partial charge in [0.25, 0.3) is 5.91 Å². The number of hydrogen-bond acceptors (Lipinski definition) is 4. The number of benzene rings is 2. The number of carbonyl (C=O) groups is 2. The summed E-state index contributed by atoms with van der Waals surface area (Å²) in [5, 5.41) is 5.39. The van der Waals surface area contributed by atoms with Crippen LogP contribution < -0.4 is 14.9 Å². The van der Waals surface area contributed by atoms with Crippen LogP contribution in [-0.4, -0.2) is 51.2 Å². The third kappa shape index (κ3) is 6.02. The van der Waals surface area contributed by atoms with E-state index >= 15 is 0 Å². The summed E-state index contributed by atoms with van der Waals surface area (Å²) in [6.07, 6.45) is 0.736. The molecular formula is C21H27FN4O4S. The summed E-state index contributed by atoms with van der Waals surface area (Å²) in [4.78, 5) is 25.3. The Morgan fingerprint density at radius 3 is 2.29 bits per heavy atom. The predicted octanol–water partition coefficient (Wildman–Crippen LogP) is 2.61. The van der Waals surface area contributed by atoms with Gasteiger partial charge in [-0.3, -0.25) is 9.59 Å². The molecule has 0 spiro atoms. The van der Waals surface area contributed by atoms with Gasteiger partial charge < -0.3 is 10.6 Å². The van der Waals surface area contributed by atoms with Crippen LogP contribution in [0.4, 0.5) is 15.8 Å². The largest absolute Gasteiger partial charge is 0.350 e. The third-order valence-electron chi connectivity index (χ3n) is 4.58. The Labute approximate surface area is 182 Å². The summed E-state index contributed by atoms with van der Waals surface area (Å²) < 4.78 is 41.4. The summed E-state index contributed by atoms with van der Waals surface area (Å²) >= 11 is 0. The molecule has 1 unspecified atom stereocenters. The molecule has 8 nitrogen and oxygen atoms in total. The SMILES string of the molecule is CCC(C)NC(=O)c1ccccc1NC(=O)CN(c1ccccc1F)S(=O)(=O)N(C)C. The van der Waals surface area contributed by atoms with Gasteiger partial charge in [-0.2, -0.15) is 12.7 Å². The van der Waals surface area contributed by atoms with Crippen molar-refractivity contribution in [2.75, 3.05) is 30.3 Å². The van der Waals surface area contributed by atoms with Gasteiger partial charge in [0.15, 0.2) is 0 Å². The molecular weight excluding hydrogens is 423 g/mol. The highest BCUT2D eigenvalue weighted by atomic mass is 32.2. The minimum atomic E-state index is -4.16. The van der Waals surface area contributed by atoms with E-state index in [1.807, 2.05) is 13.8 Å². The van der Waals surface area contributed by atoms with Crippen molar-refractivity contribution in [2.24, 2.45) is 0 Å². The zero-order chi connectivity index (χ0) is 23.2. The fourth-order valence-electron chi connectivity index (χ4n) is 2.66. The van der Waals surface area contributed by atoms with Crippen LogP contribution in [0.15, 0.2) is 48.5 Å². The maximum atomic E-state index is 14.3. The van der Waals surface area contributed by atoms with Crippen molar-refractivity contribution < 1.29 is 22.4 Å². The van der Waals surface area contributed by atoms with Crippen LogP contribution in [0.1, 0.15) is 30.6 Å². The van der Waals surface area contributed by atoms with Gasteiger partial charge >= 0.3 is 10.2 Å². The minimum absolute atomic E-state index is 0.0574. The summed E-state index contributed by atoms with van der Waals surface area (Å²) in [6.45, 7) is 3.11. The standard InChI is InChI=1S/C21H27FN4O4S/c1-5-15(2)23-21(28)16-10-6-8-12-18(16)24-20(27)14-26(31(29,30)25(3)4)19-13-9-7-11-17(19)22/h6-13,15H,5,14H2,1-4H3,(H,23,28)(H,24,27). The van der Waals surface area contributed by atoms with Gasteiger partial charge in [0.1, 0.15) is 12.4 Å². The van der Waals surface area contributed by atoms with Crippen molar-refractivity contribution in [1.82, 2.24) is 9.62 Å². The van der Waals surface area contributed by atoms with Gasteiger partial charge in [-0.15, -0.1) is 0 Å². The van der Waals surface area contributed by atoms with Crippen molar-refractivity contribution in [3.8, 4) is 0 Å². The van der Waals surface area contributed by atoms with Crippen LogP contribution >= 0.6 is 0 Å². The molecule has 0 bridgehead atoms. The van der Waals surface area contributed by atoms with E-state index in [9.17, 15) is 22.4 Å². The average molecular weight is 451 g/mol. The first kappa shape index (κ1) is 24.3. The summed E-state index contributed by atoms with van der Waals surface area (Å²) in [7, 11) is -1.59. The Kier molecular flexibility index (Phi) is 8.12. The van der Waals surface area contributed by atoms with Crippen LogP contribution in [-0.2, 0) is 15.0 Å². The lowest BCUT2D eigenvalue weighted by Crippen LogP contribution is -2.44. The van der Waals surface area contributed by atoms with Crippen LogP contribution in [0.25, 0.3) is 0 Å². The second-order valence-corrected chi connectivity index (χ2v) is 9.19. The van der Waals surface area contributed by atoms with Crippen molar-refractivity contribution in [1.29, 1.82) is 0 Å². The van der Waals surface area contributed by atoms with Gasteiger partial charge in [0.05, 0.1) is 16.9 Å². The number of anilines is 2. The van der Waals surface area contributed by atoms with Gasteiger partial charge in [-0.1, -0.05) is 31.2 Å². The normalized spacial score (nSPS) is 12.3. The van der Waals surface area contributed by atoms with E-state index in [0.29, 0.717) is 4.31 Å². The van der Waals surface area contributed by atoms with Gasteiger partial charge in [-0.05, 0) is 37.6 Å². The summed E-state index contributed by atoms with van der Waals surface area (Å²) in [5.74, 6) is -1.87. The fraction of sp³-hybridized carbons (Fsp3) is 0.333. The Hall–Kier alpha value is -2.98. The molecule has 31 heavy (non-hydrogen) atoms. The number of para-hydroxylation sites is 2. The quantitative estimate of drug-likeness (QED) is 0.614. The molecule has 0 aromatic heterocycles. The van der Waals surface area contributed by atoms with Crippen molar-refractivity contribution in [2.45, 2.75) is 26.3 Å². The molecule has 0 fully saturated rings. The molecule has 2 aromatic carbocycles. The van der Waals surface area contributed by atoms with E-state index in [1.54, 1.807) is 18.2 Å². The highest BCUT2D eigenvalue weighted by Crippen LogP contribution is 2.23. The number of nitrogens with one attached hydrogen (secondary N) is 2. The van der Waals surface area contributed by atoms with E-state index in [4.69, 9.17) is 0 Å². The van der Waals surface area contributed by atoms with Gasteiger partial charge in [0, 0.05) is 20.1 Å². The summed E-state index contributed by atoms with van der Waals surface area (Å²) in [6, 6.07) is 11.6. The monoisotopic (exact) mass is 450 g/mol. The minimum Gasteiger partial charge on any atom is -0.350 e. The van der Waals surface area contributed by atoms with Crippen molar-refractivity contribution >= 4 is 33.4 Å². The van der Waals surface area contributed by atoms with E-state index in [1.165, 1.54) is 38.4 Å². The molecule has 0 saturated carbocycles. The molecule has 0 aliphatic rings. The third-order valence-corrected chi connectivity index (χ3v) is 6.39. The number of hydrogen-bond donors (Lipinski definition) is 2. The first-order valence-electron chi connectivity index (χ1n) is 9.72. The molecule has 2 aromatic rings. The van der Waals surface area contributed by atoms with Crippen LogP contribution in [0.3, 0.4) is 0 Å². The van der Waals surface area contributed by atoms with E-state index in [0.717, 1.165) is 16.8 Å². The maximum absolute atomic E-state index is 14.3. The first-order chi connectivity index (χ1) is 14.6. The molecule has 2 amide bonds. The number of carbonyl (C=O) groups excluding carboxylic acids is 2. The van der Waals surface area contributed by atoms with Crippen molar-refractivity contribution in [3.05, 3.63) is 59.9 Å². The van der Waals surface area contributed by atoms with Gasteiger partial charge in [-0.25, -0.2) is 8.70 Å². The van der Waals surface area contributed by atoms with Crippen LogP contribution in [0.2, 0.25) is 0 Å². The lowest BCUT2D eigenvalue weighted by molar-refractivity contribution is -0.114. The average Bonchev–Trinajstić information content (AvgIpc) is 2.72. The molecule has 0 saturated heterocycles. The molecule has 0 aliphatic carbocycles. The second kappa shape index (κ2) is 10.4. The Balaban J connectivity index is 2.31. The topological polar surface area (TPSA) is 98.8 Å². The molecule has 2 N–H and O–H groups in total.